The summed E-state index contributed by atoms with van der Waals surface area (Å²) >= 11 is 0. The Hall–Kier alpha value is -3.95. The lowest BCUT2D eigenvalue weighted by molar-refractivity contribution is -0.141. The van der Waals surface area contributed by atoms with E-state index in [-0.39, 0.29) is 43.2 Å². The second-order valence-electron chi connectivity index (χ2n) is 8.21. The van der Waals surface area contributed by atoms with Crippen molar-refractivity contribution in [1.82, 2.24) is 15.1 Å². The lowest BCUT2D eigenvalue weighted by Crippen LogP contribution is -2.51. The molecule has 0 radical (unpaired) electrons. The van der Waals surface area contributed by atoms with Gasteiger partial charge in [0.15, 0.2) is 0 Å². The number of piperidine rings is 1. The second kappa shape index (κ2) is 10.8. The molecular weight excluding hydrogens is 443 g/mol. The number of halogens is 1. The topological polar surface area (TPSA) is 108 Å². The molecule has 1 saturated heterocycles. The number of carbonyl (C=O) groups is 4. The fourth-order valence-corrected chi connectivity index (χ4v) is 3.61. The van der Waals surface area contributed by atoms with Crippen molar-refractivity contribution >= 4 is 30.0 Å². The zero-order valence-corrected chi connectivity index (χ0v) is 19.3. The normalized spacial score (nSPS) is 15.4. The number of amides is 4. The number of benzene rings is 2. The van der Waals surface area contributed by atoms with Crippen LogP contribution in [0.4, 0.5) is 14.9 Å². The van der Waals surface area contributed by atoms with Crippen LogP contribution in [0.2, 0.25) is 0 Å². The third-order valence-electron chi connectivity index (χ3n) is 5.55. The highest BCUT2D eigenvalue weighted by Crippen LogP contribution is 2.25. The van der Waals surface area contributed by atoms with E-state index in [1.807, 2.05) is 19.1 Å². The number of imide groups is 1. The number of aryl methyl sites for hydroxylation is 1. The summed E-state index contributed by atoms with van der Waals surface area (Å²) in [5, 5.41) is 5.44. The van der Waals surface area contributed by atoms with Crippen molar-refractivity contribution in [3.8, 4) is 5.75 Å². The molecule has 9 nitrogen and oxygen atoms in total. The van der Waals surface area contributed by atoms with Crippen molar-refractivity contribution in [3.63, 3.8) is 0 Å². The predicted octanol–water partition coefficient (Wildman–Crippen LogP) is 2.57. The minimum Gasteiger partial charge on any atom is -0.410 e. The molecule has 1 fully saturated rings. The Morgan fingerprint density at radius 1 is 1.26 bits per heavy atom. The summed E-state index contributed by atoms with van der Waals surface area (Å²) in [7, 11) is 3.09. The van der Waals surface area contributed by atoms with E-state index in [4.69, 9.17) is 4.74 Å². The molecule has 1 atom stereocenters. The maximum atomic E-state index is 14.4. The van der Waals surface area contributed by atoms with E-state index in [1.54, 1.807) is 20.2 Å². The van der Waals surface area contributed by atoms with Crippen LogP contribution in [0, 0.1) is 12.7 Å². The summed E-state index contributed by atoms with van der Waals surface area (Å²) in [5.74, 6) is -1.11. The molecule has 2 aromatic rings. The molecule has 0 spiro atoms. The highest BCUT2D eigenvalue weighted by molar-refractivity contribution is 6.00. The van der Waals surface area contributed by atoms with Crippen LogP contribution in [0.3, 0.4) is 0 Å². The number of nitrogens with zero attached hydrogens (tertiary/aromatic N) is 2. The summed E-state index contributed by atoms with van der Waals surface area (Å²) in [4.78, 5) is 49.9. The summed E-state index contributed by atoms with van der Waals surface area (Å²) in [5.41, 5.74) is 2.58. The predicted molar refractivity (Wildman–Crippen MR) is 122 cm³/mol. The molecule has 0 aliphatic carbocycles. The van der Waals surface area contributed by atoms with Gasteiger partial charge < -0.3 is 19.9 Å². The average molecular weight is 471 g/mol. The van der Waals surface area contributed by atoms with Gasteiger partial charge >= 0.3 is 6.09 Å². The smallest absolute Gasteiger partial charge is 0.410 e. The molecule has 4 amide bonds. The fraction of sp³-hybridized carbons (Fsp3) is 0.333. The Labute approximate surface area is 196 Å². The highest BCUT2D eigenvalue weighted by Gasteiger charge is 2.31. The van der Waals surface area contributed by atoms with E-state index < -0.39 is 23.9 Å². The molecule has 1 aliphatic heterocycles. The van der Waals surface area contributed by atoms with Crippen LogP contribution in [0.25, 0.3) is 0 Å². The Kier molecular flexibility index (Phi) is 7.83. The van der Waals surface area contributed by atoms with Gasteiger partial charge in [-0.25, -0.2) is 9.18 Å². The van der Waals surface area contributed by atoms with Gasteiger partial charge in [-0.05, 0) is 48.7 Å². The molecule has 1 heterocycles. The molecule has 1 aliphatic rings. The van der Waals surface area contributed by atoms with Crippen LogP contribution in [0.1, 0.15) is 29.5 Å². The third-order valence-corrected chi connectivity index (χ3v) is 5.55. The van der Waals surface area contributed by atoms with Crippen LogP contribution in [0.15, 0.2) is 36.4 Å². The second-order valence-corrected chi connectivity index (χ2v) is 8.21. The van der Waals surface area contributed by atoms with Crippen LogP contribution in [-0.2, 0) is 27.5 Å². The molecule has 0 saturated carbocycles. The molecular formula is C24H27FN4O5. The van der Waals surface area contributed by atoms with E-state index >= 15 is 0 Å². The SMILES string of the molecule is Cc1cccc(NCc2cc(OC(=O)N(C)C)ccc2F)c1CN(C=O)C1CCC(=O)NC1=O. The van der Waals surface area contributed by atoms with E-state index in [2.05, 4.69) is 10.6 Å². The lowest BCUT2D eigenvalue weighted by atomic mass is 10.0. The van der Waals surface area contributed by atoms with Gasteiger partial charge in [0, 0.05) is 44.9 Å². The van der Waals surface area contributed by atoms with Gasteiger partial charge in [-0.2, -0.15) is 0 Å². The van der Waals surface area contributed by atoms with Crippen LogP contribution < -0.4 is 15.4 Å². The lowest BCUT2D eigenvalue weighted by Gasteiger charge is -2.31. The van der Waals surface area contributed by atoms with Crippen molar-refractivity contribution in [1.29, 1.82) is 0 Å². The van der Waals surface area contributed by atoms with E-state index in [0.29, 0.717) is 12.1 Å². The molecule has 2 aromatic carbocycles. The Morgan fingerprint density at radius 3 is 2.71 bits per heavy atom. The van der Waals surface area contributed by atoms with E-state index in [9.17, 15) is 23.6 Å². The maximum Gasteiger partial charge on any atom is 0.414 e. The molecule has 34 heavy (non-hydrogen) atoms. The van der Waals surface area contributed by atoms with Gasteiger partial charge in [0.05, 0.1) is 0 Å². The molecule has 1 unspecified atom stereocenters. The maximum absolute atomic E-state index is 14.4. The van der Waals surface area contributed by atoms with Gasteiger partial charge in [-0.3, -0.25) is 19.7 Å². The van der Waals surface area contributed by atoms with Gasteiger partial charge in [-0.15, -0.1) is 0 Å². The molecule has 180 valence electrons. The van der Waals surface area contributed by atoms with Crippen molar-refractivity contribution in [3.05, 3.63) is 58.9 Å². The van der Waals surface area contributed by atoms with Crippen molar-refractivity contribution in [2.75, 3.05) is 19.4 Å². The number of ether oxygens (including phenoxy) is 1. The number of rotatable bonds is 8. The first-order chi connectivity index (χ1) is 16.2. The summed E-state index contributed by atoms with van der Waals surface area (Å²) in [6.45, 7) is 2.10. The first-order valence-corrected chi connectivity index (χ1v) is 10.7. The first-order valence-electron chi connectivity index (χ1n) is 10.7. The third kappa shape index (κ3) is 5.89. The van der Waals surface area contributed by atoms with Crippen molar-refractivity contribution in [2.45, 2.75) is 38.9 Å². The molecule has 10 heteroatoms. The fourth-order valence-electron chi connectivity index (χ4n) is 3.61. The van der Waals surface area contributed by atoms with Crippen LogP contribution in [0.5, 0.6) is 5.75 Å². The summed E-state index contributed by atoms with van der Waals surface area (Å²) in [6.07, 6.45) is 0.433. The minimum atomic E-state index is -0.747. The number of hydrogen-bond acceptors (Lipinski definition) is 6. The van der Waals surface area contributed by atoms with Crippen molar-refractivity contribution < 1.29 is 28.3 Å². The Morgan fingerprint density at radius 2 is 2.03 bits per heavy atom. The average Bonchev–Trinajstić information content (AvgIpc) is 2.79. The minimum absolute atomic E-state index is 0.0924. The van der Waals surface area contributed by atoms with Crippen LogP contribution in [-0.4, -0.2) is 54.3 Å². The highest BCUT2D eigenvalue weighted by atomic mass is 19.1. The van der Waals surface area contributed by atoms with Gasteiger partial charge in [-0.1, -0.05) is 12.1 Å². The van der Waals surface area contributed by atoms with E-state index in [0.717, 1.165) is 11.1 Å². The van der Waals surface area contributed by atoms with E-state index in [1.165, 1.54) is 28.0 Å². The molecule has 2 N–H and O–H groups in total. The number of anilines is 1. The summed E-state index contributed by atoms with van der Waals surface area (Å²) in [6, 6.07) is 8.79. The molecule has 0 bridgehead atoms. The van der Waals surface area contributed by atoms with Crippen LogP contribution >= 0.6 is 0 Å². The zero-order valence-electron chi connectivity index (χ0n) is 19.3. The Bertz CT molecular complexity index is 1100. The summed E-state index contributed by atoms with van der Waals surface area (Å²) < 4.78 is 19.6. The standard InChI is InChI=1S/C24H27FN4O5/c1-15-5-4-6-20(18(15)13-29(14-30)21-9-10-22(31)27-23(21)32)26-12-16-11-17(7-8-19(16)25)34-24(33)28(2)3/h4-8,11,14,21,26H,9-10,12-13H2,1-3H3,(H,27,31,32). The van der Waals surface area contributed by atoms with Crippen molar-refractivity contribution in [2.24, 2.45) is 0 Å². The molecule has 0 aromatic heterocycles. The monoisotopic (exact) mass is 470 g/mol. The molecule has 3 rings (SSSR count). The number of carbonyl (C=O) groups excluding carboxylic acids is 4. The quantitative estimate of drug-likeness (QED) is 0.454. The van der Waals surface area contributed by atoms with Gasteiger partial charge in [0.2, 0.25) is 18.2 Å². The van der Waals surface area contributed by atoms with Gasteiger partial charge in [0.1, 0.15) is 17.6 Å². The van der Waals surface area contributed by atoms with Gasteiger partial charge in [0.25, 0.3) is 0 Å². The zero-order chi connectivity index (χ0) is 24.8. The number of nitrogens with one attached hydrogen (secondary N) is 2. The first kappa shape index (κ1) is 24.7. The largest absolute Gasteiger partial charge is 0.414 e. The Balaban J connectivity index is 1.77. The number of hydrogen-bond donors (Lipinski definition) is 2.